The predicted octanol–water partition coefficient (Wildman–Crippen LogP) is 4.96. The van der Waals surface area contributed by atoms with Crippen LogP contribution in [0.1, 0.15) is 45.1 Å². The Hall–Kier alpha value is -4.74. The van der Waals surface area contributed by atoms with Gasteiger partial charge in [0, 0.05) is 36.1 Å². The van der Waals surface area contributed by atoms with E-state index >= 15 is 0 Å². The third-order valence-electron chi connectivity index (χ3n) is 7.25. The molecule has 1 aliphatic heterocycles. The maximum absolute atomic E-state index is 12.4. The molecule has 216 valence electrons. The minimum Gasteiger partial charge on any atom is -0.495 e. The first-order valence-electron chi connectivity index (χ1n) is 13.2. The molecule has 1 fully saturated rings. The zero-order chi connectivity index (χ0) is 30.0. The van der Waals surface area contributed by atoms with Crippen molar-refractivity contribution in [2.75, 3.05) is 31.0 Å². The molecule has 2 atom stereocenters. The standard InChI is InChI=1S/C31H31N5O5S/c1-18-14-23(19(2)35(18)21-9-7-8-20(15-21)30(38)39)29-28(24-10-5-6-13-32-24)34-31(42)36(29)22-11-12-26(41-4)25(16-22)33-27(37)17-40-3/h5-16,28-29H,17H2,1-4H3,(H,33,37)(H,34,42)(H,38,39)/t28-,29-/m1/s1. The van der Waals surface area contributed by atoms with Crippen LogP contribution in [0.3, 0.4) is 0 Å². The van der Waals surface area contributed by atoms with E-state index in [0.717, 1.165) is 34.0 Å². The number of benzene rings is 2. The number of anilines is 2. The van der Waals surface area contributed by atoms with E-state index in [1.165, 1.54) is 14.2 Å². The van der Waals surface area contributed by atoms with Crippen LogP contribution in [-0.2, 0) is 9.53 Å². The second-order valence-electron chi connectivity index (χ2n) is 9.88. The van der Waals surface area contributed by atoms with Crippen LogP contribution in [0.5, 0.6) is 5.75 Å². The molecule has 3 N–H and O–H groups in total. The first-order valence-corrected chi connectivity index (χ1v) is 13.6. The molecule has 4 aromatic rings. The van der Waals surface area contributed by atoms with E-state index in [4.69, 9.17) is 21.7 Å². The van der Waals surface area contributed by atoms with Crippen molar-refractivity contribution in [1.82, 2.24) is 14.9 Å². The summed E-state index contributed by atoms with van der Waals surface area (Å²) < 4.78 is 12.5. The number of aromatic carboxylic acids is 1. The highest BCUT2D eigenvalue weighted by Crippen LogP contribution is 2.45. The molecule has 2 aromatic carbocycles. The van der Waals surface area contributed by atoms with Crippen molar-refractivity contribution in [3.8, 4) is 11.4 Å². The van der Waals surface area contributed by atoms with Crippen LogP contribution in [0.25, 0.3) is 5.69 Å². The van der Waals surface area contributed by atoms with Gasteiger partial charge in [0.1, 0.15) is 12.4 Å². The number of carbonyl (C=O) groups is 2. The number of methoxy groups -OCH3 is 2. The van der Waals surface area contributed by atoms with Gasteiger partial charge in [-0.05, 0) is 86.2 Å². The van der Waals surface area contributed by atoms with Crippen molar-refractivity contribution in [3.05, 3.63) is 101 Å². The topological polar surface area (TPSA) is 118 Å². The number of carboxylic acids is 1. The monoisotopic (exact) mass is 585 g/mol. The second kappa shape index (κ2) is 12.0. The lowest BCUT2D eigenvalue weighted by Crippen LogP contribution is -2.29. The summed E-state index contributed by atoms with van der Waals surface area (Å²) in [6, 6.07) is 19.6. The molecule has 0 bridgehead atoms. The van der Waals surface area contributed by atoms with Gasteiger partial charge in [-0.15, -0.1) is 0 Å². The van der Waals surface area contributed by atoms with Crippen LogP contribution >= 0.6 is 12.2 Å². The van der Waals surface area contributed by atoms with Crippen LogP contribution in [-0.4, -0.2) is 52.5 Å². The van der Waals surface area contributed by atoms with Gasteiger partial charge in [-0.25, -0.2) is 4.79 Å². The smallest absolute Gasteiger partial charge is 0.335 e. The Kier molecular flexibility index (Phi) is 8.23. The zero-order valence-electron chi connectivity index (χ0n) is 23.6. The second-order valence-corrected chi connectivity index (χ2v) is 10.3. The summed E-state index contributed by atoms with van der Waals surface area (Å²) in [5.41, 5.74) is 5.84. The van der Waals surface area contributed by atoms with Gasteiger partial charge in [0.05, 0.1) is 36.1 Å². The number of carboxylic acid groups (broad SMARTS) is 1. The van der Waals surface area contributed by atoms with Gasteiger partial charge in [-0.1, -0.05) is 12.1 Å². The van der Waals surface area contributed by atoms with Gasteiger partial charge < -0.3 is 34.7 Å². The normalized spacial score (nSPS) is 16.3. The van der Waals surface area contributed by atoms with E-state index in [0.29, 0.717) is 16.5 Å². The molecule has 5 rings (SSSR count). The number of nitrogens with zero attached hydrogens (tertiary/aromatic N) is 3. The number of amides is 1. The Morgan fingerprint density at radius 3 is 2.55 bits per heavy atom. The Labute approximate surface area is 248 Å². The number of aryl methyl sites for hydroxylation is 1. The maximum Gasteiger partial charge on any atom is 0.335 e. The van der Waals surface area contributed by atoms with Crippen LogP contribution in [0.15, 0.2) is 72.9 Å². The summed E-state index contributed by atoms with van der Waals surface area (Å²) in [6.45, 7) is 3.90. The lowest BCUT2D eigenvalue weighted by molar-refractivity contribution is -0.119. The molecule has 1 saturated heterocycles. The number of carbonyl (C=O) groups excluding carboxylic acids is 1. The summed E-state index contributed by atoms with van der Waals surface area (Å²) in [4.78, 5) is 30.7. The van der Waals surface area contributed by atoms with E-state index in [1.807, 2.05) is 59.7 Å². The number of pyridine rings is 1. The molecule has 3 heterocycles. The first kappa shape index (κ1) is 28.8. The molecule has 0 saturated carbocycles. The molecule has 0 radical (unpaired) electrons. The third kappa shape index (κ3) is 5.44. The quantitative estimate of drug-likeness (QED) is 0.234. The van der Waals surface area contributed by atoms with E-state index < -0.39 is 5.97 Å². The Balaban J connectivity index is 1.65. The lowest BCUT2D eigenvalue weighted by Gasteiger charge is -2.29. The average molecular weight is 586 g/mol. The zero-order valence-corrected chi connectivity index (χ0v) is 24.4. The minimum atomic E-state index is -0.987. The first-order chi connectivity index (χ1) is 20.2. The van der Waals surface area contributed by atoms with Gasteiger partial charge in [0.15, 0.2) is 5.11 Å². The number of thiocarbonyl (C=S) groups is 1. The predicted molar refractivity (Wildman–Crippen MR) is 164 cm³/mol. The van der Waals surface area contributed by atoms with Crippen molar-refractivity contribution in [2.45, 2.75) is 25.9 Å². The van der Waals surface area contributed by atoms with Crippen LogP contribution in [0, 0.1) is 13.8 Å². The fourth-order valence-electron chi connectivity index (χ4n) is 5.47. The molecule has 0 aliphatic carbocycles. The summed E-state index contributed by atoms with van der Waals surface area (Å²) in [7, 11) is 3.00. The maximum atomic E-state index is 12.4. The summed E-state index contributed by atoms with van der Waals surface area (Å²) in [5.74, 6) is -0.806. The number of hydrogen-bond acceptors (Lipinski definition) is 6. The molecule has 2 aromatic heterocycles. The van der Waals surface area contributed by atoms with E-state index in [2.05, 4.69) is 21.7 Å². The van der Waals surface area contributed by atoms with E-state index in [9.17, 15) is 14.7 Å². The van der Waals surface area contributed by atoms with E-state index in [1.54, 1.807) is 30.5 Å². The van der Waals surface area contributed by atoms with Crippen molar-refractivity contribution in [2.24, 2.45) is 0 Å². The molecular formula is C31H31N5O5S. The summed E-state index contributed by atoms with van der Waals surface area (Å²) in [5, 5.41) is 16.4. The summed E-state index contributed by atoms with van der Waals surface area (Å²) >= 11 is 5.91. The highest BCUT2D eigenvalue weighted by molar-refractivity contribution is 7.80. The average Bonchev–Trinajstić information content (AvgIpc) is 3.48. The van der Waals surface area contributed by atoms with Crippen molar-refractivity contribution in [3.63, 3.8) is 0 Å². The highest BCUT2D eigenvalue weighted by atomic mass is 32.1. The van der Waals surface area contributed by atoms with Gasteiger partial charge >= 0.3 is 5.97 Å². The molecule has 1 amide bonds. The third-order valence-corrected chi connectivity index (χ3v) is 7.56. The molecule has 1 aliphatic rings. The Morgan fingerprint density at radius 2 is 1.86 bits per heavy atom. The van der Waals surface area contributed by atoms with E-state index in [-0.39, 0.29) is 30.2 Å². The van der Waals surface area contributed by atoms with Crippen molar-refractivity contribution in [1.29, 1.82) is 0 Å². The molecule has 10 nitrogen and oxygen atoms in total. The fraction of sp³-hybridized carbons (Fsp3) is 0.226. The van der Waals surface area contributed by atoms with Gasteiger partial charge in [-0.3, -0.25) is 9.78 Å². The van der Waals surface area contributed by atoms with Gasteiger partial charge in [0.2, 0.25) is 5.91 Å². The van der Waals surface area contributed by atoms with Crippen LogP contribution in [0.2, 0.25) is 0 Å². The van der Waals surface area contributed by atoms with Crippen LogP contribution in [0.4, 0.5) is 11.4 Å². The SMILES string of the molecule is COCC(=O)Nc1cc(N2C(=S)N[C@H](c3ccccn3)[C@H]2c2cc(C)n(-c3cccc(C(=O)O)c3)c2C)ccc1OC. The number of ether oxygens (including phenoxy) is 2. The Morgan fingerprint density at radius 1 is 1.05 bits per heavy atom. The number of rotatable bonds is 9. The lowest BCUT2D eigenvalue weighted by atomic mass is 9.96. The fourth-order valence-corrected chi connectivity index (χ4v) is 5.82. The molecule has 0 unspecified atom stereocenters. The summed E-state index contributed by atoms with van der Waals surface area (Å²) in [6.07, 6.45) is 1.75. The molecule has 42 heavy (non-hydrogen) atoms. The minimum absolute atomic E-state index is 0.101. The largest absolute Gasteiger partial charge is 0.495 e. The molecular weight excluding hydrogens is 554 g/mol. The van der Waals surface area contributed by atoms with Gasteiger partial charge in [0.25, 0.3) is 0 Å². The van der Waals surface area contributed by atoms with Gasteiger partial charge in [-0.2, -0.15) is 0 Å². The van der Waals surface area contributed by atoms with Crippen molar-refractivity contribution < 1.29 is 24.2 Å². The number of aromatic nitrogens is 2. The number of hydrogen-bond donors (Lipinski definition) is 3. The van der Waals surface area contributed by atoms with Crippen LogP contribution < -0.4 is 20.3 Å². The Bertz CT molecular complexity index is 1650. The number of nitrogens with one attached hydrogen (secondary N) is 2. The molecule has 11 heteroatoms. The van der Waals surface area contributed by atoms with Crippen molar-refractivity contribution >= 4 is 40.6 Å². The highest BCUT2D eigenvalue weighted by Gasteiger charge is 2.42. The molecule has 0 spiro atoms.